The normalized spacial score (nSPS) is 10.6. The third kappa shape index (κ3) is 2.40. The van der Waals surface area contributed by atoms with Crippen molar-refractivity contribution in [3.63, 3.8) is 0 Å². The second-order valence-corrected chi connectivity index (χ2v) is 3.72. The Kier molecular flexibility index (Phi) is 4.07. The topological polar surface area (TPSA) is 52.9 Å². The summed E-state index contributed by atoms with van der Waals surface area (Å²) in [5, 5.41) is 11.9. The Hall–Kier alpha value is -1.82. The Labute approximate surface area is 96.1 Å². The molecule has 0 aliphatic carbocycles. The molecule has 3 nitrogen and oxygen atoms in total. The van der Waals surface area contributed by atoms with Crippen LogP contribution < -0.4 is 5.32 Å². The van der Waals surface area contributed by atoms with Crippen LogP contribution in [0.25, 0.3) is 0 Å². The lowest BCUT2D eigenvalue weighted by Gasteiger charge is -2.22. The molecule has 1 rings (SSSR count). The molecule has 0 spiro atoms. The molecule has 0 atom stereocenters. The molecule has 1 N–H and O–H groups in total. The summed E-state index contributed by atoms with van der Waals surface area (Å²) >= 11 is 0. The van der Waals surface area contributed by atoms with Crippen molar-refractivity contribution >= 4 is 11.6 Å². The van der Waals surface area contributed by atoms with Crippen molar-refractivity contribution in [3.8, 4) is 6.07 Å². The van der Waals surface area contributed by atoms with Gasteiger partial charge in [0.1, 0.15) is 5.41 Å². The van der Waals surface area contributed by atoms with Crippen LogP contribution in [0.15, 0.2) is 30.3 Å². The van der Waals surface area contributed by atoms with Crippen molar-refractivity contribution in [2.24, 2.45) is 5.41 Å². The van der Waals surface area contributed by atoms with Crippen LogP contribution >= 0.6 is 0 Å². The Morgan fingerprint density at radius 3 is 2.31 bits per heavy atom. The minimum atomic E-state index is -0.907. The summed E-state index contributed by atoms with van der Waals surface area (Å²) in [6.45, 7) is 3.72. The molecule has 0 aliphatic rings. The molecule has 0 aliphatic heterocycles. The van der Waals surface area contributed by atoms with Gasteiger partial charge in [-0.3, -0.25) is 4.79 Å². The summed E-state index contributed by atoms with van der Waals surface area (Å²) < 4.78 is 0. The molecule has 0 radical (unpaired) electrons. The smallest absolute Gasteiger partial charge is 0.244 e. The maximum atomic E-state index is 12.0. The molecule has 0 heterocycles. The Bertz CT molecular complexity index is 388. The maximum Gasteiger partial charge on any atom is 0.244 e. The molecular weight excluding hydrogens is 200 g/mol. The van der Waals surface area contributed by atoms with Crippen LogP contribution in [0.1, 0.15) is 26.7 Å². The number of para-hydroxylation sites is 1. The maximum absolute atomic E-state index is 12.0. The number of hydrogen-bond donors (Lipinski definition) is 1. The zero-order valence-corrected chi connectivity index (χ0v) is 9.66. The van der Waals surface area contributed by atoms with Crippen LogP contribution in [0.2, 0.25) is 0 Å². The molecular formula is C13H16N2O. The molecule has 0 aromatic heterocycles. The number of carbonyl (C=O) groups is 1. The van der Waals surface area contributed by atoms with Crippen molar-refractivity contribution in [1.82, 2.24) is 0 Å². The number of rotatable bonds is 4. The van der Waals surface area contributed by atoms with Crippen molar-refractivity contribution in [2.75, 3.05) is 5.32 Å². The van der Waals surface area contributed by atoms with Gasteiger partial charge in [-0.15, -0.1) is 0 Å². The van der Waals surface area contributed by atoms with Gasteiger partial charge in [0, 0.05) is 5.69 Å². The Morgan fingerprint density at radius 2 is 1.88 bits per heavy atom. The minimum Gasteiger partial charge on any atom is -0.325 e. The minimum absolute atomic E-state index is 0.216. The van der Waals surface area contributed by atoms with Crippen LogP contribution in [0, 0.1) is 16.7 Å². The van der Waals surface area contributed by atoms with E-state index < -0.39 is 5.41 Å². The lowest BCUT2D eigenvalue weighted by atomic mass is 9.83. The number of carbonyl (C=O) groups excluding carboxylic acids is 1. The Balaban J connectivity index is 2.83. The van der Waals surface area contributed by atoms with Gasteiger partial charge >= 0.3 is 0 Å². The van der Waals surface area contributed by atoms with E-state index in [0.29, 0.717) is 12.8 Å². The molecule has 0 saturated heterocycles. The van der Waals surface area contributed by atoms with Gasteiger partial charge in [0.15, 0.2) is 0 Å². The van der Waals surface area contributed by atoms with E-state index in [0.717, 1.165) is 5.69 Å². The highest BCUT2D eigenvalue weighted by molar-refractivity contribution is 5.97. The highest BCUT2D eigenvalue weighted by atomic mass is 16.2. The molecule has 0 fully saturated rings. The molecule has 16 heavy (non-hydrogen) atoms. The van der Waals surface area contributed by atoms with E-state index in [-0.39, 0.29) is 5.91 Å². The van der Waals surface area contributed by atoms with Crippen molar-refractivity contribution in [3.05, 3.63) is 30.3 Å². The van der Waals surface area contributed by atoms with Gasteiger partial charge in [0.05, 0.1) is 6.07 Å². The van der Waals surface area contributed by atoms with Gasteiger partial charge in [-0.1, -0.05) is 32.0 Å². The second kappa shape index (κ2) is 5.32. The first-order valence-corrected chi connectivity index (χ1v) is 5.46. The standard InChI is InChI=1S/C13H16N2O/c1-3-13(4-2,10-14)12(16)15-11-8-6-5-7-9-11/h5-9H,3-4H2,1-2H3,(H,15,16). The lowest BCUT2D eigenvalue weighted by molar-refractivity contribution is -0.123. The van der Waals surface area contributed by atoms with Crippen LogP contribution in [0.4, 0.5) is 5.69 Å². The highest BCUT2D eigenvalue weighted by Gasteiger charge is 2.34. The third-order valence-corrected chi connectivity index (χ3v) is 2.89. The number of benzene rings is 1. The van der Waals surface area contributed by atoms with E-state index in [4.69, 9.17) is 5.26 Å². The van der Waals surface area contributed by atoms with Crippen LogP contribution in [-0.2, 0) is 4.79 Å². The molecule has 1 amide bonds. The predicted molar refractivity (Wildman–Crippen MR) is 63.7 cm³/mol. The number of nitriles is 1. The lowest BCUT2D eigenvalue weighted by Crippen LogP contribution is -2.33. The summed E-state index contributed by atoms with van der Waals surface area (Å²) in [7, 11) is 0. The zero-order chi connectivity index (χ0) is 12.0. The molecule has 1 aromatic rings. The van der Waals surface area contributed by atoms with Crippen molar-refractivity contribution in [1.29, 1.82) is 5.26 Å². The summed E-state index contributed by atoms with van der Waals surface area (Å²) in [6, 6.07) is 11.3. The molecule has 84 valence electrons. The van der Waals surface area contributed by atoms with Gasteiger partial charge < -0.3 is 5.32 Å². The van der Waals surface area contributed by atoms with Gasteiger partial charge in [-0.2, -0.15) is 5.26 Å². The fourth-order valence-corrected chi connectivity index (χ4v) is 1.55. The number of nitrogens with zero attached hydrogens (tertiary/aromatic N) is 1. The highest BCUT2D eigenvalue weighted by Crippen LogP contribution is 2.27. The van der Waals surface area contributed by atoms with Crippen LogP contribution in [0.5, 0.6) is 0 Å². The molecule has 1 aromatic carbocycles. The largest absolute Gasteiger partial charge is 0.325 e. The first kappa shape index (κ1) is 12.3. The van der Waals surface area contributed by atoms with Crippen LogP contribution in [-0.4, -0.2) is 5.91 Å². The van der Waals surface area contributed by atoms with Gasteiger partial charge in [-0.05, 0) is 25.0 Å². The summed E-state index contributed by atoms with van der Waals surface area (Å²) in [5.74, 6) is -0.216. The van der Waals surface area contributed by atoms with Crippen molar-refractivity contribution < 1.29 is 4.79 Å². The first-order chi connectivity index (χ1) is 7.68. The van der Waals surface area contributed by atoms with Crippen molar-refractivity contribution in [2.45, 2.75) is 26.7 Å². The van der Waals surface area contributed by atoms with Crippen LogP contribution in [0.3, 0.4) is 0 Å². The first-order valence-electron chi connectivity index (χ1n) is 5.46. The fourth-order valence-electron chi connectivity index (χ4n) is 1.55. The zero-order valence-electron chi connectivity index (χ0n) is 9.66. The predicted octanol–water partition coefficient (Wildman–Crippen LogP) is 2.96. The fraction of sp³-hybridized carbons (Fsp3) is 0.385. The van der Waals surface area contributed by atoms with E-state index in [1.54, 1.807) is 0 Å². The summed E-state index contributed by atoms with van der Waals surface area (Å²) in [6.07, 6.45) is 1.05. The number of anilines is 1. The van der Waals surface area contributed by atoms with Gasteiger partial charge in [-0.25, -0.2) is 0 Å². The monoisotopic (exact) mass is 216 g/mol. The van der Waals surface area contributed by atoms with E-state index in [2.05, 4.69) is 11.4 Å². The summed E-state index contributed by atoms with van der Waals surface area (Å²) in [5.41, 5.74) is -0.176. The third-order valence-electron chi connectivity index (χ3n) is 2.89. The Morgan fingerprint density at radius 1 is 1.31 bits per heavy atom. The average Bonchev–Trinajstić information content (AvgIpc) is 2.33. The molecule has 3 heteroatoms. The quantitative estimate of drug-likeness (QED) is 0.841. The van der Waals surface area contributed by atoms with Gasteiger partial charge in [0.2, 0.25) is 5.91 Å². The van der Waals surface area contributed by atoms with E-state index in [1.807, 2.05) is 44.2 Å². The second-order valence-electron chi connectivity index (χ2n) is 3.72. The summed E-state index contributed by atoms with van der Waals surface area (Å²) in [4.78, 5) is 12.0. The van der Waals surface area contributed by atoms with E-state index in [9.17, 15) is 4.79 Å². The van der Waals surface area contributed by atoms with E-state index >= 15 is 0 Å². The number of hydrogen-bond acceptors (Lipinski definition) is 2. The van der Waals surface area contributed by atoms with E-state index in [1.165, 1.54) is 0 Å². The van der Waals surface area contributed by atoms with Gasteiger partial charge in [0.25, 0.3) is 0 Å². The molecule has 0 unspecified atom stereocenters. The average molecular weight is 216 g/mol. The number of nitrogens with one attached hydrogen (secondary N) is 1. The SMILES string of the molecule is CCC(C#N)(CC)C(=O)Nc1ccccc1. The molecule has 0 bridgehead atoms. The molecule has 0 saturated carbocycles. The number of amides is 1.